The van der Waals surface area contributed by atoms with Gasteiger partial charge in [0.1, 0.15) is 0 Å². The third-order valence-electron chi connectivity index (χ3n) is 2.87. The van der Waals surface area contributed by atoms with Crippen LogP contribution in [0, 0.1) is 18.3 Å². The van der Waals surface area contributed by atoms with Crippen molar-refractivity contribution in [2.45, 2.75) is 33.7 Å². The summed E-state index contributed by atoms with van der Waals surface area (Å²) in [5.74, 6) is 3.39. The highest BCUT2D eigenvalue weighted by molar-refractivity contribution is 5.52. The monoisotopic (exact) mass is 259 g/mol. The summed E-state index contributed by atoms with van der Waals surface area (Å²) in [5.41, 5.74) is 2.41. The first-order valence-electron chi connectivity index (χ1n) is 7.01. The van der Waals surface area contributed by atoms with Crippen LogP contribution in [0.1, 0.15) is 32.8 Å². The van der Waals surface area contributed by atoms with E-state index in [0.29, 0.717) is 12.5 Å². The van der Waals surface area contributed by atoms with Crippen LogP contribution in [0.5, 0.6) is 0 Å². The van der Waals surface area contributed by atoms with Crippen LogP contribution in [0.4, 0.5) is 5.69 Å². The second kappa shape index (κ2) is 8.55. The molecule has 0 aliphatic heterocycles. The Bertz CT molecular complexity index is 407. The summed E-state index contributed by atoms with van der Waals surface area (Å²) in [7, 11) is 0. The van der Waals surface area contributed by atoms with Crippen molar-refractivity contribution in [3.63, 3.8) is 0 Å². The van der Waals surface area contributed by atoms with E-state index in [4.69, 9.17) is 6.42 Å². The van der Waals surface area contributed by atoms with Crippen LogP contribution in [-0.2, 0) is 6.54 Å². The van der Waals surface area contributed by atoms with E-state index in [1.54, 1.807) is 0 Å². The van der Waals surface area contributed by atoms with Gasteiger partial charge in [0.2, 0.25) is 0 Å². The molecule has 19 heavy (non-hydrogen) atoms. The number of nitrogens with one attached hydrogen (secondary N) is 1. The molecule has 1 aromatic rings. The molecule has 0 spiro atoms. The lowest BCUT2D eigenvalue weighted by molar-refractivity contribution is 0.552. The number of hydrogen-bond donors (Lipinski definition) is 1. The second-order valence-corrected chi connectivity index (χ2v) is 5.15. The first-order valence-corrected chi connectivity index (χ1v) is 7.01. The topological polar surface area (TPSA) is 28.2 Å². The minimum absolute atomic E-state index is 0.636. The summed E-state index contributed by atoms with van der Waals surface area (Å²) in [4.78, 5) is 6.46. The molecule has 0 radical (unpaired) electrons. The highest BCUT2D eigenvalue weighted by atomic mass is 15.1. The molecule has 1 rings (SSSR count). The Balaban J connectivity index is 2.78. The third-order valence-corrected chi connectivity index (χ3v) is 2.87. The number of pyridine rings is 1. The molecule has 0 amide bonds. The van der Waals surface area contributed by atoms with E-state index >= 15 is 0 Å². The maximum atomic E-state index is 5.46. The van der Waals surface area contributed by atoms with Gasteiger partial charge in [-0.05, 0) is 30.5 Å². The van der Waals surface area contributed by atoms with Crippen molar-refractivity contribution < 1.29 is 0 Å². The minimum Gasteiger partial charge on any atom is -0.359 e. The van der Waals surface area contributed by atoms with Crippen LogP contribution >= 0.6 is 0 Å². The molecule has 0 bridgehead atoms. The molecule has 0 fully saturated rings. The van der Waals surface area contributed by atoms with E-state index in [1.807, 2.05) is 12.4 Å². The minimum atomic E-state index is 0.636. The van der Waals surface area contributed by atoms with Crippen molar-refractivity contribution in [3.05, 3.63) is 24.0 Å². The fraction of sp³-hybridized carbons (Fsp3) is 0.562. The SMILES string of the molecule is C#CCN(CCC)c1cnccc1CNCC(C)C. The summed E-state index contributed by atoms with van der Waals surface area (Å²) in [6.45, 7) is 10.1. The van der Waals surface area contributed by atoms with Crippen molar-refractivity contribution in [3.8, 4) is 12.3 Å². The average Bonchev–Trinajstić information content (AvgIpc) is 2.39. The Labute approximate surface area is 117 Å². The van der Waals surface area contributed by atoms with Crippen LogP contribution in [0.15, 0.2) is 18.5 Å². The number of nitrogens with zero attached hydrogens (tertiary/aromatic N) is 2. The Morgan fingerprint density at radius 3 is 2.89 bits per heavy atom. The van der Waals surface area contributed by atoms with E-state index in [1.165, 1.54) is 5.56 Å². The Morgan fingerprint density at radius 2 is 2.26 bits per heavy atom. The number of terminal acetylenes is 1. The smallest absolute Gasteiger partial charge is 0.0792 e. The zero-order valence-corrected chi connectivity index (χ0v) is 12.3. The Hall–Kier alpha value is -1.53. The van der Waals surface area contributed by atoms with Gasteiger partial charge < -0.3 is 10.2 Å². The molecule has 0 unspecified atom stereocenters. The summed E-state index contributed by atoms with van der Waals surface area (Å²) in [6, 6.07) is 2.07. The largest absolute Gasteiger partial charge is 0.359 e. The number of anilines is 1. The van der Waals surface area contributed by atoms with E-state index in [9.17, 15) is 0 Å². The van der Waals surface area contributed by atoms with Gasteiger partial charge in [0, 0.05) is 19.3 Å². The lowest BCUT2D eigenvalue weighted by Crippen LogP contribution is -2.27. The molecule has 0 aliphatic carbocycles. The molecule has 1 aromatic heterocycles. The van der Waals surface area contributed by atoms with Crippen LogP contribution in [0.25, 0.3) is 0 Å². The molecule has 3 nitrogen and oxygen atoms in total. The summed E-state index contributed by atoms with van der Waals surface area (Å²) >= 11 is 0. The lowest BCUT2D eigenvalue weighted by atomic mass is 10.1. The molecule has 1 heterocycles. The van der Waals surface area contributed by atoms with E-state index in [0.717, 1.165) is 31.7 Å². The molecular weight excluding hydrogens is 234 g/mol. The molecule has 0 aliphatic rings. The van der Waals surface area contributed by atoms with Gasteiger partial charge in [-0.2, -0.15) is 0 Å². The molecule has 0 atom stereocenters. The normalized spacial score (nSPS) is 10.5. The van der Waals surface area contributed by atoms with Crippen molar-refractivity contribution in [1.29, 1.82) is 0 Å². The van der Waals surface area contributed by atoms with Crippen molar-refractivity contribution in [1.82, 2.24) is 10.3 Å². The third kappa shape index (κ3) is 5.32. The van der Waals surface area contributed by atoms with E-state index in [-0.39, 0.29) is 0 Å². The molecule has 0 aromatic carbocycles. The fourth-order valence-corrected chi connectivity index (χ4v) is 2.01. The number of aromatic nitrogens is 1. The maximum absolute atomic E-state index is 5.46. The van der Waals surface area contributed by atoms with Gasteiger partial charge in [-0.15, -0.1) is 6.42 Å². The highest BCUT2D eigenvalue weighted by Crippen LogP contribution is 2.19. The average molecular weight is 259 g/mol. The van der Waals surface area contributed by atoms with Gasteiger partial charge in [0.25, 0.3) is 0 Å². The number of hydrogen-bond acceptors (Lipinski definition) is 3. The summed E-state index contributed by atoms with van der Waals surface area (Å²) in [5, 5.41) is 3.47. The second-order valence-electron chi connectivity index (χ2n) is 5.15. The fourth-order valence-electron chi connectivity index (χ4n) is 2.01. The van der Waals surface area contributed by atoms with Crippen LogP contribution in [-0.4, -0.2) is 24.6 Å². The molecule has 1 N–H and O–H groups in total. The van der Waals surface area contributed by atoms with Crippen molar-refractivity contribution in [2.24, 2.45) is 5.92 Å². The van der Waals surface area contributed by atoms with Crippen molar-refractivity contribution >= 4 is 5.69 Å². The summed E-state index contributed by atoms with van der Waals surface area (Å²) in [6.07, 6.45) is 10.3. The van der Waals surface area contributed by atoms with Gasteiger partial charge in [-0.25, -0.2) is 0 Å². The van der Waals surface area contributed by atoms with E-state index < -0.39 is 0 Å². The van der Waals surface area contributed by atoms with Gasteiger partial charge in [-0.3, -0.25) is 4.98 Å². The molecule has 3 heteroatoms. The van der Waals surface area contributed by atoms with Crippen LogP contribution < -0.4 is 10.2 Å². The van der Waals surface area contributed by atoms with Gasteiger partial charge in [0.15, 0.2) is 0 Å². The zero-order valence-electron chi connectivity index (χ0n) is 12.3. The molecule has 0 saturated heterocycles. The van der Waals surface area contributed by atoms with E-state index in [2.05, 4.69) is 48.0 Å². The first kappa shape index (κ1) is 15.5. The lowest BCUT2D eigenvalue weighted by Gasteiger charge is -2.24. The van der Waals surface area contributed by atoms with Gasteiger partial charge in [0.05, 0.1) is 18.4 Å². The first-order chi connectivity index (χ1) is 9.19. The predicted octanol–water partition coefficient (Wildman–Crippen LogP) is 2.68. The van der Waals surface area contributed by atoms with Gasteiger partial charge >= 0.3 is 0 Å². The Morgan fingerprint density at radius 1 is 1.47 bits per heavy atom. The molecule has 0 saturated carbocycles. The predicted molar refractivity (Wildman–Crippen MR) is 82.1 cm³/mol. The molecular formula is C16H25N3. The number of rotatable bonds is 8. The standard InChI is InChI=1S/C16H25N3/c1-5-9-19(10-6-2)16-13-17-8-7-15(16)12-18-11-14(3)4/h1,7-8,13-14,18H,6,9-12H2,2-4H3. The quantitative estimate of drug-likeness (QED) is 0.728. The Kier molecular flexibility index (Phi) is 6.99. The van der Waals surface area contributed by atoms with Gasteiger partial charge in [-0.1, -0.05) is 26.7 Å². The maximum Gasteiger partial charge on any atom is 0.0792 e. The molecule has 104 valence electrons. The highest BCUT2D eigenvalue weighted by Gasteiger charge is 2.09. The zero-order chi connectivity index (χ0) is 14.1. The van der Waals surface area contributed by atoms with Crippen LogP contribution in [0.3, 0.4) is 0 Å². The summed E-state index contributed by atoms with van der Waals surface area (Å²) < 4.78 is 0. The van der Waals surface area contributed by atoms with Crippen LogP contribution in [0.2, 0.25) is 0 Å². The van der Waals surface area contributed by atoms with Crippen molar-refractivity contribution in [2.75, 3.05) is 24.5 Å².